The first-order valence-electron chi connectivity index (χ1n) is 12.4. The van der Waals surface area contributed by atoms with Gasteiger partial charge in [-0.3, -0.25) is 4.57 Å². The molecule has 0 aromatic heterocycles. The van der Waals surface area contributed by atoms with Crippen LogP contribution in [0, 0.1) is 0 Å². The predicted molar refractivity (Wildman–Crippen MR) is 133 cm³/mol. The molecule has 0 bridgehead atoms. The Bertz CT molecular complexity index is 536. The first-order chi connectivity index (χ1) is 14.5. The number of unbranched alkanes of at least 4 members (excludes halogenated alkanes) is 11. The SMILES string of the molecule is CCCC/C=C\CCCCCCC/C=C\CCCCCC(O)(C[N+](C)(C)C)P(=O)(O)O. The van der Waals surface area contributed by atoms with Gasteiger partial charge in [0.05, 0.1) is 21.1 Å². The summed E-state index contributed by atoms with van der Waals surface area (Å²) in [6, 6.07) is 0. The highest BCUT2D eigenvalue weighted by Gasteiger charge is 2.48. The maximum atomic E-state index is 11.8. The van der Waals surface area contributed by atoms with Crippen molar-refractivity contribution in [3.63, 3.8) is 0 Å². The molecule has 0 aromatic carbocycles. The van der Waals surface area contributed by atoms with E-state index in [9.17, 15) is 19.5 Å². The molecule has 0 aliphatic rings. The molecule has 5 nitrogen and oxygen atoms in total. The third kappa shape index (κ3) is 17.7. The van der Waals surface area contributed by atoms with Crippen LogP contribution in [0.3, 0.4) is 0 Å². The quantitative estimate of drug-likeness (QED) is 0.0834. The zero-order valence-corrected chi connectivity index (χ0v) is 21.7. The van der Waals surface area contributed by atoms with Crippen molar-refractivity contribution in [1.82, 2.24) is 0 Å². The number of aliphatic hydroxyl groups is 1. The zero-order chi connectivity index (χ0) is 23.6. The molecule has 1 atom stereocenters. The predicted octanol–water partition coefficient (Wildman–Crippen LogP) is 6.54. The summed E-state index contributed by atoms with van der Waals surface area (Å²) in [5.74, 6) is 0. The fourth-order valence-corrected chi connectivity index (χ4v) is 4.83. The summed E-state index contributed by atoms with van der Waals surface area (Å²) < 4.78 is 12.1. The van der Waals surface area contributed by atoms with Gasteiger partial charge in [0, 0.05) is 0 Å². The molecular weight excluding hydrogens is 409 g/mol. The van der Waals surface area contributed by atoms with Gasteiger partial charge in [0.15, 0.2) is 0 Å². The van der Waals surface area contributed by atoms with Gasteiger partial charge in [-0.15, -0.1) is 0 Å². The minimum atomic E-state index is -4.55. The number of hydrogen-bond donors (Lipinski definition) is 3. The van der Waals surface area contributed by atoms with Gasteiger partial charge in [-0.05, 0) is 57.8 Å². The molecule has 1 unspecified atom stereocenters. The lowest BCUT2D eigenvalue weighted by molar-refractivity contribution is -0.875. The van der Waals surface area contributed by atoms with E-state index in [0.29, 0.717) is 10.9 Å². The first kappa shape index (κ1) is 30.6. The van der Waals surface area contributed by atoms with Crippen molar-refractivity contribution in [3.05, 3.63) is 24.3 Å². The van der Waals surface area contributed by atoms with Crippen molar-refractivity contribution in [1.29, 1.82) is 0 Å². The number of quaternary nitrogens is 1. The Morgan fingerprint density at radius 1 is 0.710 bits per heavy atom. The fraction of sp³-hybridized carbons (Fsp3) is 0.840. The molecule has 0 amide bonds. The molecule has 0 heterocycles. The maximum Gasteiger partial charge on any atom is 0.362 e. The summed E-state index contributed by atoms with van der Waals surface area (Å²) in [6.07, 6.45) is 25.5. The molecule has 0 fully saturated rings. The lowest BCUT2D eigenvalue weighted by Gasteiger charge is -2.35. The summed E-state index contributed by atoms with van der Waals surface area (Å²) in [7, 11) is 0.941. The van der Waals surface area contributed by atoms with Crippen molar-refractivity contribution in [2.45, 2.75) is 109 Å². The van der Waals surface area contributed by atoms with E-state index >= 15 is 0 Å². The van der Waals surface area contributed by atoms with E-state index in [2.05, 4.69) is 31.2 Å². The zero-order valence-electron chi connectivity index (χ0n) is 20.8. The van der Waals surface area contributed by atoms with Crippen LogP contribution in [0.4, 0.5) is 0 Å². The Hall–Kier alpha value is -0.450. The van der Waals surface area contributed by atoms with Crippen molar-refractivity contribution >= 4 is 7.60 Å². The largest absolute Gasteiger partial charge is 0.373 e. The van der Waals surface area contributed by atoms with Crippen LogP contribution in [0.5, 0.6) is 0 Å². The van der Waals surface area contributed by atoms with Crippen molar-refractivity contribution in [2.24, 2.45) is 0 Å². The van der Waals surface area contributed by atoms with Crippen LogP contribution in [-0.2, 0) is 4.57 Å². The van der Waals surface area contributed by atoms with Crippen LogP contribution in [0.1, 0.15) is 103 Å². The molecule has 31 heavy (non-hydrogen) atoms. The smallest absolute Gasteiger partial charge is 0.362 e. The number of nitrogens with zero attached hydrogens (tertiary/aromatic N) is 1. The van der Waals surface area contributed by atoms with Gasteiger partial charge in [0.2, 0.25) is 5.34 Å². The average molecular weight is 461 g/mol. The summed E-state index contributed by atoms with van der Waals surface area (Å²) in [6.45, 7) is 2.28. The third-order valence-corrected chi connectivity index (χ3v) is 6.97. The molecule has 0 saturated heterocycles. The van der Waals surface area contributed by atoms with E-state index in [0.717, 1.165) is 25.7 Å². The Kier molecular flexibility index (Phi) is 16.8. The molecule has 184 valence electrons. The Morgan fingerprint density at radius 3 is 1.48 bits per heavy atom. The molecule has 0 radical (unpaired) electrons. The van der Waals surface area contributed by atoms with Crippen LogP contribution >= 0.6 is 7.60 Å². The Balaban J connectivity index is 3.71. The summed E-state index contributed by atoms with van der Waals surface area (Å²) in [5, 5.41) is 8.60. The van der Waals surface area contributed by atoms with Crippen LogP contribution in [0.15, 0.2) is 24.3 Å². The summed E-state index contributed by atoms with van der Waals surface area (Å²) in [4.78, 5) is 19.2. The van der Waals surface area contributed by atoms with Gasteiger partial charge in [0.1, 0.15) is 6.54 Å². The molecule has 0 aliphatic heterocycles. The number of allylic oxidation sites excluding steroid dienone is 4. The van der Waals surface area contributed by atoms with Crippen LogP contribution in [0.2, 0.25) is 0 Å². The molecule has 0 rings (SSSR count). The van der Waals surface area contributed by atoms with Crippen LogP contribution in [-0.4, -0.2) is 52.4 Å². The maximum absolute atomic E-state index is 11.8. The molecule has 0 aliphatic carbocycles. The number of rotatable bonds is 20. The second-order valence-electron chi connectivity index (χ2n) is 10.0. The minimum Gasteiger partial charge on any atom is -0.373 e. The monoisotopic (exact) mass is 460 g/mol. The van der Waals surface area contributed by atoms with E-state index in [-0.39, 0.29) is 13.0 Å². The van der Waals surface area contributed by atoms with Crippen LogP contribution in [0.25, 0.3) is 0 Å². The average Bonchev–Trinajstić information content (AvgIpc) is 2.65. The third-order valence-electron chi connectivity index (χ3n) is 5.52. The van der Waals surface area contributed by atoms with Gasteiger partial charge in [0.25, 0.3) is 0 Å². The highest BCUT2D eigenvalue weighted by Crippen LogP contribution is 2.52. The number of hydrogen-bond acceptors (Lipinski definition) is 2. The Morgan fingerprint density at radius 2 is 1.10 bits per heavy atom. The lowest BCUT2D eigenvalue weighted by Crippen LogP contribution is -2.49. The molecule has 0 spiro atoms. The highest BCUT2D eigenvalue weighted by atomic mass is 31.2. The molecule has 6 heteroatoms. The Labute approximate surface area is 192 Å². The van der Waals surface area contributed by atoms with Gasteiger partial charge < -0.3 is 19.4 Å². The van der Waals surface area contributed by atoms with E-state index in [1.165, 1.54) is 57.8 Å². The van der Waals surface area contributed by atoms with Crippen molar-refractivity contribution in [3.8, 4) is 0 Å². The normalized spacial score (nSPS) is 15.2. The second-order valence-corrected chi connectivity index (χ2v) is 11.9. The fourth-order valence-electron chi connectivity index (χ4n) is 3.77. The van der Waals surface area contributed by atoms with E-state index in [1.807, 2.05) is 21.1 Å². The molecule has 0 aromatic rings. The van der Waals surface area contributed by atoms with Crippen molar-refractivity contribution < 1.29 is 23.9 Å². The van der Waals surface area contributed by atoms with E-state index < -0.39 is 12.9 Å². The van der Waals surface area contributed by atoms with Crippen molar-refractivity contribution in [2.75, 3.05) is 27.7 Å². The molecule has 3 N–H and O–H groups in total. The van der Waals surface area contributed by atoms with Gasteiger partial charge in [-0.2, -0.15) is 0 Å². The van der Waals surface area contributed by atoms with Gasteiger partial charge >= 0.3 is 7.60 Å². The molecule has 0 saturated carbocycles. The summed E-state index contributed by atoms with van der Waals surface area (Å²) in [5.41, 5.74) is 0. The topological polar surface area (TPSA) is 77.8 Å². The lowest BCUT2D eigenvalue weighted by atomic mass is 10.1. The standard InChI is InChI=1S/C25H50NO4P/c1-5-6-7-8-9-10-11-12-13-14-15-16-17-18-19-20-21-22-23-25(27,31(28,29)30)24-26(2,3)4/h8-9,17-18,27H,5-7,10-16,19-24H2,1-4H3,(H-,28,29,30)/p+1/b9-8-,18-17-. The molecular formula is C25H51NO4P+. The van der Waals surface area contributed by atoms with Gasteiger partial charge in [-0.25, -0.2) is 0 Å². The summed E-state index contributed by atoms with van der Waals surface area (Å²) >= 11 is 0. The minimum absolute atomic E-state index is 0.0485. The highest BCUT2D eigenvalue weighted by molar-refractivity contribution is 7.53. The first-order valence-corrected chi connectivity index (χ1v) is 14.0. The second kappa shape index (κ2) is 17.1. The number of likely N-dealkylation sites (N-methyl/N-ethyl adjacent to an activating group) is 1. The van der Waals surface area contributed by atoms with E-state index in [4.69, 9.17) is 0 Å². The van der Waals surface area contributed by atoms with E-state index in [1.54, 1.807) is 0 Å². The van der Waals surface area contributed by atoms with Gasteiger partial charge in [-0.1, -0.05) is 69.8 Å². The van der Waals surface area contributed by atoms with Crippen LogP contribution < -0.4 is 0 Å².